The van der Waals surface area contributed by atoms with Crippen LogP contribution in [0.1, 0.15) is 96.9 Å². The van der Waals surface area contributed by atoms with Gasteiger partial charge >= 0.3 is 0 Å². The standard InChI is InChI=1S/C44H51FN4O3/c45-39-23-21-37(22-24-39)42(51)28-27-41-43(49(44(41)52)40-25-17-34(18-26-40)10-8-30-48-31-29-46-47-48)38-19-15-33(16-20-38)9-7-14-36-13-5-4-12-35(36)11-3-1-2-6-32-50/h4-5,12-13,15-26,29,31,41-43,50-51H,1-3,6-11,14,27-28,30,32H2/t41-,42+,43-/m1/s1. The van der Waals surface area contributed by atoms with Crippen molar-refractivity contribution in [2.45, 2.75) is 95.7 Å². The first-order chi connectivity index (χ1) is 25.5. The molecule has 4 aromatic carbocycles. The number of amides is 1. The first-order valence-corrected chi connectivity index (χ1v) is 19.0. The monoisotopic (exact) mass is 702 g/mol. The first-order valence-electron chi connectivity index (χ1n) is 19.0. The van der Waals surface area contributed by atoms with E-state index in [2.05, 4.69) is 71.0 Å². The van der Waals surface area contributed by atoms with Crippen molar-refractivity contribution < 1.29 is 19.4 Å². The van der Waals surface area contributed by atoms with Gasteiger partial charge in [0.25, 0.3) is 0 Å². The summed E-state index contributed by atoms with van der Waals surface area (Å²) < 4.78 is 15.3. The second-order valence-electron chi connectivity index (χ2n) is 14.1. The predicted octanol–water partition coefficient (Wildman–Crippen LogP) is 8.54. The van der Waals surface area contributed by atoms with Crippen LogP contribution in [-0.4, -0.2) is 37.7 Å². The summed E-state index contributed by atoms with van der Waals surface area (Å²) in [4.78, 5) is 15.7. The lowest BCUT2D eigenvalue weighted by Crippen LogP contribution is -2.55. The molecule has 0 saturated carbocycles. The van der Waals surface area contributed by atoms with Gasteiger partial charge in [-0.1, -0.05) is 90.9 Å². The van der Waals surface area contributed by atoms with Gasteiger partial charge in [-0.25, -0.2) is 4.39 Å². The lowest BCUT2D eigenvalue weighted by atomic mass is 9.78. The number of unbranched alkanes of at least 4 members (excludes halogenated alkanes) is 3. The molecule has 1 fully saturated rings. The van der Waals surface area contributed by atoms with E-state index < -0.39 is 6.10 Å². The van der Waals surface area contributed by atoms with Crippen LogP contribution < -0.4 is 4.90 Å². The summed E-state index contributed by atoms with van der Waals surface area (Å²) in [5.41, 5.74) is 7.97. The molecule has 0 spiro atoms. The van der Waals surface area contributed by atoms with E-state index in [4.69, 9.17) is 5.11 Å². The molecular weight excluding hydrogens is 652 g/mol. The highest BCUT2D eigenvalue weighted by Crippen LogP contribution is 2.46. The average Bonchev–Trinajstić information content (AvgIpc) is 3.69. The van der Waals surface area contributed by atoms with Gasteiger partial charge in [-0.2, -0.15) is 0 Å². The van der Waals surface area contributed by atoms with E-state index in [0.717, 1.165) is 82.0 Å². The van der Waals surface area contributed by atoms with Crippen LogP contribution in [0.4, 0.5) is 10.1 Å². The number of hydrogen-bond acceptors (Lipinski definition) is 5. The largest absolute Gasteiger partial charge is 0.396 e. The highest BCUT2D eigenvalue weighted by molar-refractivity contribution is 6.03. The number of carbonyl (C=O) groups is 1. The van der Waals surface area contributed by atoms with Crippen LogP contribution in [0.15, 0.2) is 109 Å². The summed E-state index contributed by atoms with van der Waals surface area (Å²) in [7, 11) is 0. The molecule has 1 saturated heterocycles. The van der Waals surface area contributed by atoms with Gasteiger partial charge in [-0.05, 0) is 122 Å². The van der Waals surface area contributed by atoms with E-state index in [-0.39, 0.29) is 30.3 Å². The van der Waals surface area contributed by atoms with E-state index in [1.165, 1.54) is 34.4 Å². The maximum atomic E-state index is 13.8. The fourth-order valence-electron chi connectivity index (χ4n) is 7.50. The van der Waals surface area contributed by atoms with Gasteiger partial charge in [-0.3, -0.25) is 9.48 Å². The number of aliphatic hydroxyl groups is 2. The van der Waals surface area contributed by atoms with Crippen molar-refractivity contribution in [1.29, 1.82) is 0 Å². The third-order valence-electron chi connectivity index (χ3n) is 10.5. The van der Waals surface area contributed by atoms with Gasteiger partial charge in [0.1, 0.15) is 5.82 Å². The van der Waals surface area contributed by atoms with Crippen molar-refractivity contribution in [3.05, 3.63) is 149 Å². The Morgan fingerprint density at radius 1 is 0.731 bits per heavy atom. The molecule has 0 bridgehead atoms. The molecule has 1 amide bonds. The van der Waals surface area contributed by atoms with Crippen LogP contribution in [0.2, 0.25) is 0 Å². The van der Waals surface area contributed by atoms with Gasteiger partial charge in [-0.15, -0.1) is 5.10 Å². The van der Waals surface area contributed by atoms with Crippen molar-refractivity contribution in [2.75, 3.05) is 11.5 Å². The molecule has 7 nitrogen and oxygen atoms in total. The molecule has 272 valence electrons. The summed E-state index contributed by atoms with van der Waals surface area (Å²) in [6.45, 7) is 1.08. The Bertz CT molecular complexity index is 1810. The summed E-state index contributed by atoms with van der Waals surface area (Å²) in [6, 6.07) is 31.6. The zero-order valence-electron chi connectivity index (χ0n) is 30.0. The van der Waals surface area contributed by atoms with Gasteiger partial charge < -0.3 is 15.1 Å². The third-order valence-corrected chi connectivity index (χ3v) is 10.5. The number of aliphatic hydroxyl groups excluding tert-OH is 2. The molecule has 52 heavy (non-hydrogen) atoms. The van der Waals surface area contributed by atoms with E-state index in [0.29, 0.717) is 18.4 Å². The van der Waals surface area contributed by atoms with Crippen molar-refractivity contribution in [1.82, 2.24) is 15.0 Å². The number of anilines is 1. The summed E-state index contributed by atoms with van der Waals surface area (Å²) in [5, 5.41) is 27.9. The van der Waals surface area contributed by atoms with E-state index in [1.54, 1.807) is 18.3 Å². The number of aromatic nitrogens is 3. The van der Waals surface area contributed by atoms with Crippen LogP contribution in [0.3, 0.4) is 0 Å². The number of hydrogen-bond donors (Lipinski definition) is 2. The quantitative estimate of drug-likeness (QED) is 0.0627. The lowest BCUT2D eigenvalue weighted by Gasteiger charge is -2.48. The van der Waals surface area contributed by atoms with E-state index >= 15 is 0 Å². The summed E-state index contributed by atoms with van der Waals surface area (Å²) in [5.74, 6) is -0.536. The second-order valence-corrected chi connectivity index (χ2v) is 14.1. The van der Waals surface area contributed by atoms with Gasteiger partial charge in [0.15, 0.2) is 0 Å². The van der Waals surface area contributed by atoms with Crippen LogP contribution >= 0.6 is 0 Å². The minimum atomic E-state index is -0.765. The molecule has 1 aliphatic rings. The summed E-state index contributed by atoms with van der Waals surface area (Å²) in [6.07, 6.45) is 14.0. The fraction of sp³-hybridized carbons (Fsp3) is 0.386. The minimum absolute atomic E-state index is 0.0615. The molecule has 2 heterocycles. The Morgan fingerprint density at radius 2 is 1.38 bits per heavy atom. The highest BCUT2D eigenvalue weighted by atomic mass is 19.1. The van der Waals surface area contributed by atoms with Crippen molar-refractivity contribution in [3.63, 3.8) is 0 Å². The number of aryl methyl sites for hydroxylation is 5. The molecule has 0 unspecified atom stereocenters. The Labute approximate surface area is 307 Å². The number of halogens is 1. The molecule has 6 rings (SSSR count). The van der Waals surface area contributed by atoms with E-state index in [9.17, 15) is 14.3 Å². The van der Waals surface area contributed by atoms with Crippen LogP contribution in [0.25, 0.3) is 0 Å². The Balaban J connectivity index is 1.10. The third kappa shape index (κ3) is 9.81. The molecule has 0 aliphatic carbocycles. The lowest BCUT2D eigenvalue weighted by molar-refractivity contribution is -0.131. The number of β-lactam (4-membered cyclic amide) rings is 1. The smallest absolute Gasteiger partial charge is 0.233 e. The van der Waals surface area contributed by atoms with Crippen molar-refractivity contribution in [2.24, 2.45) is 5.92 Å². The van der Waals surface area contributed by atoms with Crippen molar-refractivity contribution in [3.8, 4) is 0 Å². The highest BCUT2D eigenvalue weighted by Gasteiger charge is 2.48. The average molecular weight is 703 g/mol. The first kappa shape index (κ1) is 37.1. The SMILES string of the molecule is O=C1[C@H](CC[C@H](O)c2ccc(F)cc2)[C@@H](c2ccc(CCCc3ccccc3CCCCCCO)cc2)N1c1ccc(CCCn2ccnn2)cc1. The number of nitrogens with zero attached hydrogens (tertiary/aromatic N) is 4. The van der Waals surface area contributed by atoms with Crippen LogP contribution in [0, 0.1) is 11.7 Å². The molecule has 1 aliphatic heterocycles. The van der Waals surface area contributed by atoms with Crippen molar-refractivity contribution >= 4 is 11.6 Å². The molecule has 5 aromatic rings. The second kappa shape index (κ2) is 18.7. The van der Waals surface area contributed by atoms with Gasteiger partial charge in [0.2, 0.25) is 5.91 Å². The molecule has 2 N–H and O–H groups in total. The van der Waals surface area contributed by atoms with Gasteiger partial charge in [0.05, 0.1) is 24.3 Å². The Hall–Kier alpha value is -4.66. The number of benzene rings is 4. The molecule has 8 heteroatoms. The van der Waals surface area contributed by atoms with Crippen LogP contribution in [0.5, 0.6) is 0 Å². The minimum Gasteiger partial charge on any atom is -0.396 e. The zero-order chi connectivity index (χ0) is 36.1. The molecular formula is C44H51FN4O3. The van der Waals surface area contributed by atoms with E-state index in [1.807, 2.05) is 27.9 Å². The van der Waals surface area contributed by atoms with Gasteiger partial charge in [0, 0.05) is 25.0 Å². The Morgan fingerprint density at radius 3 is 2.06 bits per heavy atom. The summed E-state index contributed by atoms with van der Waals surface area (Å²) >= 11 is 0. The topological polar surface area (TPSA) is 91.5 Å². The zero-order valence-corrected chi connectivity index (χ0v) is 30.0. The number of carbonyl (C=O) groups excluding carboxylic acids is 1. The fourth-order valence-corrected chi connectivity index (χ4v) is 7.50. The predicted molar refractivity (Wildman–Crippen MR) is 203 cm³/mol. The van der Waals surface area contributed by atoms with Crippen LogP contribution in [-0.2, 0) is 37.0 Å². The molecule has 1 aromatic heterocycles. The normalized spacial score (nSPS) is 16.2. The maximum Gasteiger partial charge on any atom is 0.233 e. The Kier molecular flexibility index (Phi) is 13.4. The number of rotatable bonds is 20. The maximum absolute atomic E-state index is 13.8. The molecule has 3 atom stereocenters. The molecule has 0 radical (unpaired) electrons.